The third kappa shape index (κ3) is 3.36. The van der Waals surface area contributed by atoms with Gasteiger partial charge in [-0.15, -0.1) is 0 Å². The Balaban J connectivity index is 1.68. The van der Waals surface area contributed by atoms with E-state index in [0.29, 0.717) is 0 Å². The summed E-state index contributed by atoms with van der Waals surface area (Å²) >= 11 is 0. The normalized spacial score (nSPS) is 29.5. The van der Waals surface area contributed by atoms with Gasteiger partial charge >= 0.3 is 0 Å². The average molecular weight is 304 g/mol. The summed E-state index contributed by atoms with van der Waals surface area (Å²) in [5, 5.41) is 0. The molecular weight excluding hydrogens is 276 g/mol. The van der Waals surface area contributed by atoms with E-state index in [1.165, 1.54) is 12.8 Å². The summed E-state index contributed by atoms with van der Waals surface area (Å²) < 4.78 is 0. The molecule has 2 aliphatic heterocycles. The first-order valence-electron chi connectivity index (χ1n) is 9.00. The standard InChI is InChI=1S/C18H28N2O2/c21-17(19-11-5-1-6-12-19)15-9-3-4-10-16(15)18(22)20-13-7-2-8-14-20/h3-4,15-16H,1-2,5-14H2/t15-,16+. The second-order valence-electron chi connectivity index (χ2n) is 6.93. The SMILES string of the molecule is O=C([C@H]1CC=CC[C@H]1C(=O)N1CCCCC1)N1CCCCC1. The fraction of sp³-hybridized carbons (Fsp3) is 0.778. The van der Waals surface area contributed by atoms with E-state index in [2.05, 4.69) is 12.2 Å². The Morgan fingerprint density at radius 3 is 1.36 bits per heavy atom. The smallest absolute Gasteiger partial charge is 0.226 e. The fourth-order valence-electron chi connectivity index (χ4n) is 4.06. The molecule has 4 heteroatoms. The van der Waals surface area contributed by atoms with Gasteiger partial charge in [0, 0.05) is 26.2 Å². The van der Waals surface area contributed by atoms with E-state index < -0.39 is 0 Å². The number of allylic oxidation sites excluding steroid dienone is 2. The van der Waals surface area contributed by atoms with Gasteiger partial charge in [-0.05, 0) is 51.4 Å². The van der Waals surface area contributed by atoms with Crippen LogP contribution in [0.4, 0.5) is 0 Å². The maximum absolute atomic E-state index is 12.9. The van der Waals surface area contributed by atoms with Gasteiger partial charge in [-0.1, -0.05) is 12.2 Å². The van der Waals surface area contributed by atoms with Crippen LogP contribution in [0.15, 0.2) is 12.2 Å². The number of rotatable bonds is 2. The van der Waals surface area contributed by atoms with Crippen molar-refractivity contribution < 1.29 is 9.59 Å². The predicted octanol–water partition coefficient (Wildman–Crippen LogP) is 2.59. The zero-order chi connectivity index (χ0) is 15.4. The Morgan fingerprint density at radius 2 is 1.00 bits per heavy atom. The summed E-state index contributed by atoms with van der Waals surface area (Å²) in [6.07, 6.45) is 12.5. The van der Waals surface area contributed by atoms with Crippen LogP contribution in [-0.4, -0.2) is 47.8 Å². The predicted molar refractivity (Wildman–Crippen MR) is 86.2 cm³/mol. The highest BCUT2D eigenvalue weighted by atomic mass is 16.2. The molecule has 2 fully saturated rings. The molecule has 2 atom stereocenters. The van der Waals surface area contributed by atoms with Crippen molar-refractivity contribution in [3.05, 3.63) is 12.2 Å². The van der Waals surface area contributed by atoms with Crippen LogP contribution in [0.2, 0.25) is 0 Å². The summed E-state index contributed by atoms with van der Waals surface area (Å²) in [7, 11) is 0. The molecule has 2 heterocycles. The Labute approximate surface area is 133 Å². The number of hydrogen-bond donors (Lipinski definition) is 0. The van der Waals surface area contributed by atoms with Gasteiger partial charge in [0.1, 0.15) is 0 Å². The fourth-order valence-corrected chi connectivity index (χ4v) is 4.06. The largest absolute Gasteiger partial charge is 0.342 e. The van der Waals surface area contributed by atoms with Crippen molar-refractivity contribution in [1.82, 2.24) is 9.80 Å². The highest BCUT2D eigenvalue weighted by molar-refractivity contribution is 5.88. The third-order valence-electron chi connectivity index (χ3n) is 5.40. The lowest BCUT2D eigenvalue weighted by Crippen LogP contribution is -2.48. The Kier molecular flexibility index (Phi) is 5.16. The van der Waals surface area contributed by atoms with E-state index in [1.807, 2.05) is 9.80 Å². The molecule has 0 aromatic rings. The molecule has 1 aliphatic carbocycles. The van der Waals surface area contributed by atoms with Gasteiger partial charge in [0.05, 0.1) is 11.8 Å². The Morgan fingerprint density at radius 1 is 0.636 bits per heavy atom. The van der Waals surface area contributed by atoms with E-state index in [1.54, 1.807) is 0 Å². The minimum atomic E-state index is -0.127. The van der Waals surface area contributed by atoms with E-state index in [9.17, 15) is 9.59 Å². The summed E-state index contributed by atoms with van der Waals surface area (Å²) in [6.45, 7) is 3.51. The Bertz CT molecular complexity index is 394. The van der Waals surface area contributed by atoms with Crippen LogP contribution in [0.5, 0.6) is 0 Å². The molecule has 2 amide bonds. The van der Waals surface area contributed by atoms with Gasteiger partial charge in [-0.25, -0.2) is 0 Å². The van der Waals surface area contributed by atoms with Crippen LogP contribution in [-0.2, 0) is 9.59 Å². The van der Waals surface area contributed by atoms with Gasteiger partial charge in [-0.2, -0.15) is 0 Å². The van der Waals surface area contributed by atoms with E-state index in [0.717, 1.165) is 64.7 Å². The zero-order valence-electron chi connectivity index (χ0n) is 13.5. The third-order valence-corrected chi connectivity index (χ3v) is 5.40. The minimum Gasteiger partial charge on any atom is -0.342 e. The second kappa shape index (κ2) is 7.30. The molecule has 0 saturated carbocycles. The number of carbonyl (C=O) groups excluding carboxylic acids is 2. The van der Waals surface area contributed by atoms with Crippen molar-refractivity contribution in [3.63, 3.8) is 0 Å². The van der Waals surface area contributed by atoms with Gasteiger partial charge in [-0.3, -0.25) is 9.59 Å². The summed E-state index contributed by atoms with van der Waals surface area (Å²) in [4.78, 5) is 29.8. The molecule has 0 N–H and O–H groups in total. The molecular formula is C18H28N2O2. The van der Waals surface area contributed by atoms with Crippen LogP contribution < -0.4 is 0 Å². The van der Waals surface area contributed by atoms with Crippen molar-refractivity contribution in [2.45, 2.75) is 51.4 Å². The monoisotopic (exact) mass is 304 g/mol. The van der Waals surface area contributed by atoms with Crippen LogP contribution in [0, 0.1) is 11.8 Å². The number of hydrogen-bond acceptors (Lipinski definition) is 2. The second-order valence-corrected chi connectivity index (χ2v) is 6.93. The van der Waals surface area contributed by atoms with Crippen LogP contribution in [0.1, 0.15) is 51.4 Å². The average Bonchev–Trinajstić information content (AvgIpc) is 2.62. The lowest BCUT2D eigenvalue weighted by atomic mass is 9.80. The maximum Gasteiger partial charge on any atom is 0.226 e. The molecule has 22 heavy (non-hydrogen) atoms. The van der Waals surface area contributed by atoms with Gasteiger partial charge in [0.25, 0.3) is 0 Å². The van der Waals surface area contributed by atoms with E-state index in [-0.39, 0.29) is 23.7 Å². The summed E-state index contributed by atoms with van der Waals surface area (Å²) in [5.41, 5.74) is 0. The van der Waals surface area contributed by atoms with Crippen molar-refractivity contribution in [3.8, 4) is 0 Å². The Hall–Kier alpha value is -1.32. The van der Waals surface area contributed by atoms with Crippen molar-refractivity contribution in [1.29, 1.82) is 0 Å². The van der Waals surface area contributed by atoms with Crippen molar-refractivity contribution in [2.75, 3.05) is 26.2 Å². The number of amides is 2. The first-order valence-corrected chi connectivity index (χ1v) is 9.00. The maximum atomic E-state index is 12.9. The molecule has 0 aromatic heterocycles. The van der Waals surface area contributed by atoms with Gasteiger partial charge in [0.2, 0.25) is 11.8 Å². The topological polar surface area (TPSA) is 40.6 Å². The summed E-state index contributed by atoms with van der Waals surface area (Å²) in [5.74, 6) is 0.189. The highest BCUT2D eigenvalue weighted by Gasteiger charge is 2.38. The van der Waals surface area contributed by atoms with Gasteiger partial charge in [0.15, 0.2) is 0 Å². The molecule has 0 bridgehead atoms. The van der Waals surface area contributed by atoms with Crippen LogP contribution >= 0.6 is 0 Å². The zero-order valence-corrected chi connectivity index (χ0v) is 13.5. The molecule has 0 radical (unpaired) electrons. The lowest BCUT2D eigenvalue weighted by molar-refractivity contribution is -0.147. The first kappa shape index (κ1) is 15.6. The number of nitrogens with zero attached hydrogens (tertiary/aromatic N) is 2. The lowest BCUT2D eigenvalue weighted by Gasteiger charge is -2.37. The highest BCUT2D eigenvalue weighted by Crippen LogP contribution is 2.31. The van der Waals surface area contributed by atoms with Gasteiger partial charge < -0.3 is 9.80 Å². The molecule has 0 aromatic carbocycles. The molecule has 3 rings (SSSR count). The van der Waals surface area contributed by atoms with Crippen molar-refractivity contribution in [2.24, 2.45) is 11.8 Å². The molecule has 2 saturated heterocycles. The number of piperidine rings is 2. The number of carbonyl (C=O) groups is 2. The first-order chi connectivity index (χ1) is 10.8. The van der Waals surface area contributed by atoms with E-state index >= 15 is 0 Å². The quantitative estimate of drug-likeness (QED) is 0.736. The molecule has 0 unspecified atom stereocenters. The molecule has 122 valence electrons. The van der Waals surface area contributed by atoms with E-state index in [4.69, 9.17) is 0 Å². The minimum absolute atomic E-state index is 0.127. The number of likely N-dealkylation sites (tertiary alicyclic amines) is 2. The van der Waals surface area contributed by atoms with Crippen LogP contribution in [0.25, 0.3) is 0 Å². The van der Waals surface area contributed by atoms with Crippen molar-refractivity contribution >= 4 is 11.8 Å². The van der Waals surface area contributed by atoms with Crippen LogP contribution in [0.3, 0.4) is 0 Å². The molecule has 3 aliphatic rings. The molecule has 0 spiro atoms. The summed E-state index contributed by atoms with van der Waals surface area (Å²) in [6, 6.07) is 0. The molecule has 4 nitrogen and oxygen atoms in total.